The standard InChI is InChI=1S/C13H21N3O/c1-8(9-6-14-15-7-9)16-11-10-4-5-17-12(10)13(11,2)3/h6-8,10-12,16H,4-5H2,1-3H3,(H,14,15). The Morgan fingerprint density at radius 3 is 3.12 bits per heavy atom. The van der Waals surface area contributed by atoms with E-state index in [0.29, 0.717) is 24.1 Å². The van der Waals surface area contributed by atoms with E-state index < -0.39 is 0 Å². The van der Waals surface area contributed by atoms with Crippen LogP contribution in [0.3, 0.4) is 0 Å². The number of nitrogens with one attached hydrogen (secondary N) is 2. The fraction of sp³-hybridized carbons (Fsp3) is 0.769. The molecule has 2 aliphatic rings. The minimum absolute atomic E-state index is 0.249. The molecular formula is C13H21N3O. The van der Waals surface area contributed by atoms with E-state index in [1.807, 2.05) is 12.4 Å². The van der Waals surface area contributed by atoms with Crippen molar-refractivity contribution in [3.05, 3.63) is 18.0 Å². The molecule has 1 aliphatic carbocycles. The maximum Gasteiger partial charge on any atom is 0.0685 e. The van der Waals surface area contributed by atoms with E-state index in [1.54, 1.807) is 0 Å². The van der Waals surface area contributed by atoms with Gasteiger partial charge in [0.25, 0.3) is 0 Å². The van der Waals surface area contributed by atoms with Gasteiger partial charge >= 0.3 is 0 Å². The first-order chi connectivity index (χ1) is 8.10. The Balaban J connectivity index is 1.69. The monoisotopic (exact) mass is 235 g/mol. The Labute approximate surface area is 102 Å². The van der Waals surface area contributed by atoms with Crippen LogP contribution >= 0.6 is 0 Å². The summed E-state index contributed by atoms with van der Waals surface area (Å²) in [5.41, 5.74) is 1.47. The summed E-state index contributed by atoms with van der Waals surface area (Å²) < 4.78 is 5.81. The Bertz CT molecular complexity index is 387. The number of aromatic nitrogens is 2. The van der Waals surface area contributed by atoms with E-state index in [2.05, 4.69) is 36.3 Å². The summed E-state index contributed by atoms with van der Waals surface area (Å²) in [6, 6.07) is 0.902. The molecule has 3 rings (SSSR count). The first kappa shape index (κ1) is 11.2. The van der Waals surface area contributed by atoms with Gasteiger partial charge in [0.15, 0.2) is 0 Å². The van der Waals surface area contributed by atoms with Crippen molar-refractivity contribution in [2.75, 3.05) is 6.61 Å². The second kappa shape index (κ2) is 3.82. The Kier molecular flexibility index (Phi) is 2.52. The van der Waals surface area contributed by atoms with Gasteiger partial charge in [0.2, 0.25) is 0 Å². The number of fused-ring (bicyclic) bond motifs is 1. The van der Waals surface area contributed by atoms with Gasteiger partial charge in [-0.3, -0.25) is 5.10 Å². The molecule has 1 aromatic rings. The summed E-state index contributed by atoms with van der Waals surface area (Å²) in [7, 11) is 0. The molecule has 1 aliphatic heterocycles. The van der Waals surface area contributed by atoms with Crippen molar-refractivity contribution in [3.8, 4) is 0 Å². The number of H-pyrrole nitrogens is 1. The predicted molar refractivity (Wildman–Crippen MR) is 65.6 cm³/mol. The maximum atomic E-state index is 5.81. The molecule has 0 radical (unpaired) electrons. The topological polar surface area (TPSA) is 49.9 Å². The molecule has 2 fully saturated rings. The first-order valence-corrected chi connectivity index (χ1v) is 6.47. The summed E-state index contributed by atoms with van der Waals surface area (Å²) in [5.74, 6) is 0.694. The molecule has 1 aromatic heterocycles. The molecule has 2 N–H and O–H groups in total. The lowest BCUT2D eigenvalue weighted by atomic mass is 9.57. The smallest absolute Gasteiger partial charge is 0.0685 e. The van der Waals surface area contributed by atoms with Crippen LogP contribution in [0.15, 0.2) is 12.4 Å². The number of hydrogen-bond acceptors (Lipinski definition) is 3. The van der Waals surface area contributed by atoms with Gasteiger partial charge in [0.05, 0.1) is 12.3 Å². The van der Waals surface area contributed by atoms with Gasteiger partial charge < -0.3 is 10.1 Å². The van der Waals surface area contributed by atoms with Crippen molar-refractivity contribution >= 4 is 0 Å². The summed E-state index contributed by atoms with van der Waals surface area (Å²) in [6.45, 7) is 7.74. The largest absolute Gasteiger partial charge is 0.377 e. The van der Waals surface area contributed by atoms with Gasteiger partial charge in [-0.2, -0.15) is 5.10 Å². The third kappa shape index (κ3) is 1.62. The summed E-state index contributed by atoms with van der Waals surface area (Å²) in [6.07, 6.45) is 5.51. The highest BCUT2D eigenvalue weighted by atomic mass is 16.5. The molecule has 1 saturated heterocycles. The van der Waals surface area contributed by atoms with Crippen LogP contribution in [0.5, 0.6) is 0 Å². The van der Waals surface area contributed by atoms with Gasteiger partial charge in [0, 0.05) is 41.8 Å². The van der Waals surface area contributed by atoms with Crippen molar-refractivity contribution in [2.45, 2.75) is 45.4 Å². The average Bonchev–Trinajstić information content (AvgIpc) is 2.95. The zero-order valence-corrected chi connectivity index (χ0v) is 10.7. The fourth-order valence-electron chi connectivity index (χ4n) is 3.53. The molecule has 0 spiro atoms. The highest BCUT2D eigenvalue weighted by molar-refractivity contribution is 5.15. The zero-order valence-electron chi connectivity index (χ0n) is 10.7. The van der Waals surface area contributed by atoms with E-state index in [0.717, 1.165) is 6.61 Å². The molecule has 2 heterocycles. The normalized spacial score (nSPS) is 36.3. The van der Waals surface area contributed by atoms with Crippen LogP contribution in [0.2, 0.25) is 0 Å². The van der Waals surface area contributed by atoms with Crippen LogP contribution in [0, 0.1) is 11.3 Å². The van der Waals surface area contributed by atoms with Crippen LogP contribution < -0.4 is 5.32 Å². The van der Waals surface area contributed by atoms with E-state index in [1.165, 1.54) is 12.0 Å². The third-order valence-electron chi connectivity index (χ3n) is 4.55. The van der Waals surface area contributed by atoms with Crippen molar-refractivity contribution < 1.29 is 4.74 Å². The minimum Gasteiger partial charge on any atom is -0.377 e. The number of hydrogen-bond donors (Lipinski definition) is 2. The second-order valence-corrected chi connectivity index (χ2v) is 5.96. The second-order valence-electron chi connectivity index (χ2n) is 5.96. The molecule has 4 atom stereocenters. The Morgan fingerprint density at radius 2 is 2.41 bits per heavy atom. The Hall–Kier alpha value is -0.870. The SMILES string of the molecule is CC(NC1C2CCOC2C1(C)C)c1cn[nH]c1. The zero-order chi connectivity index (χ0) is 12.0. The molecule has 0 amide bonds. The first-order valence-electron chi connectivity index (χ1n) is 6.47. The highest BCUT2D eigenvalue weighted by Crippen LogP contribution is 2.52. The number of rotatable bonds is 3. The van der Waals surface area contributed by atoms with Crippen LogP contribution in [-0.2, 0) is 4.74 Å². The summed E-state index contributed by atoms with van der Waals surface area (Å²) in [4.78, 5) is 0. The molecule has 0 aromatic carbocycles. The van der Waals surface area contributed by atoms with E-state index >= 15 is 0 Å². The average molecular weight is 235 g/mol. The molecule has 1 saturated carbocycles. The minimum atomic E-state index is 0.249. The van der Waals surface area contributed by atoms with Crippen molar-refractivity contribution in [1.29, 1.82) is 0 Å². The molecule has 94 valence electrons. The third-order valence-corrected chi connectivity index (χ3v) is 4.55. The van der Waals surface area contributed by atoms with Gasteiger partial charge in [-0.25, -0.2) is 0 Å². The van der Waals surface area contributed by atoms with E-state index in [9.17, 15) is 0 Å². The van der Waals surface area contributed by atoms with Crippen LogP contribution in [0.4, 0.5) is 0 Å². The van der Waals surface area contributed by atoms with Crippen molar-refractivity contribution in [3.63, 3.8) is 0 Å². The summed E-state index contributed by atoms with van der Waals surface area (Å²) in [5, 5.41) is 10.6. The summed E-state index contributed by atoms with van der Waals surface area (Å²) >= 11 is 0. The number of nitrogens with zero attached hydrogens (tertiary/aromatic N) is 1. The van der Waals surface area contributed by atoms with Crippen molar-refractivity contribution in [2.24, 2.45) is 11.3 Å². The Morgan fingerprint density at radius 1 is 1.59 bits per heavy atom. The van der Waals surface area contributed by atoms with Crippen LogP contribution in [0.1, 0.15) is 38.8 Å². The number of aromatic amines is 1. The maximum absolute atomic E-state index is 5.81. The van der Waals surface area contributed by atoms with Gasteiger partial charge in [-0.15, -0.1) is 0 Å². The highest BCUT2D eigenvalue weighted by Gasteiger charge is 2.59. The van der Waals surface area contributed by atoms with E-state index in [-0.39, 0.29) is 5.41 Å². The molecular weight excluding hydrogens is 214 g/mol. The van der Waals surface area contributed by atoms with Crippen LogP contribution in [0.25, 0.3) is 0 Å². The lowest BCUT2D eigenvalue weighted by molar-refractivity contribution is -0.115. The molecule has 0 bridgehead atoms. The van der Waals surface area contributed by atoms with Gasteiger partial charge in [-0.05, 0) is 13.3 Å². The predicted octanol–water partition coefficient (Wildman–Crippen LogP) is 1.87. The molecule has 4 nitrogen and oxygen atoms in total. The number of ether oxygens (including phenoxy) is 1. The van der Waals surface area contributed by atoms with Crippen LogP contribution in [-0.4, -0.2) is 29.0 Å². The molecule has 4 heteroatoms. The molecule has 17 heavy (non-hydrogen) atoms. The van der Waals surface area contributed by atoms with Crippen molar-refractivity contribution in [1.82, 2.24) is 15.5 Å². The van der Waals surface area contributed by atoms with Gasteiger partial charge in [-0.1, -0.05) is 13.8 Å². The lowest BCUT2D eigenvalue weighted by Crippen LogP contribution is -2.66. The quantitative estimate of drug-likeness (QED) is 0.841. The van der Waals surface area contributed by atoms with E-state index in [4.69, 9.17) is 4.74 Å². The van der Waals surface area contributed by atoms with Gasteiger partial charge in [0.1, 0.15) is 0 Å². The molecule has 4 unspecified atom stereocenters. The lowest BCUT2D eigenvalue weighted by Gasteiger charge is -2.55. The fourth-order valence-corrected chi connectivity index (χ4v) is 3.53.